The molecule has 1 aliphatic rings. The van der Waals surface area contributed by atoms with E-state index in [4.69, 9.17) is 5.11 Å². The zero-order chi connectivity index (χ0) is 13.7. The molecule has 1 fully saturated rings. The summed E-state index contributed by atoms with van der Waals surface area (Å²) in [6, 6.07) is 10.3. The maximum atomic E-state index is 9.80. The number of hydrogen-bond donors (Lipinski definition) is 2. The monoisotopic (exact) mass is 263 g/mol. The van der Waals surface area contributed by atoms with Crippen molar-refractivity contribution >= 4 is 0 Å². The quantitative estimate of drug-likeness (QED) is 0.820. The molecule has 1 aliphatic heterocycles. The lowest BCUT2D eigenvalue weighted by molar-refractivity contribution is 0.154. The average molecular weight is 263 g/mol. The number of aliphatic hydroxyl groups is 2. The van der Waals surface area contributed by atoms with Gasteiger partial charge in [-0.2, -0.15) is 0 Å². The number of aliphatic hydroxyl groups excluding tert-OH is 2. The molecule has 0 amide bonds. The number of likely N-dealkylation sites (tertiary alicyclic amines) is 1. The van der Waals surface area contributed by atoms with Crippen molar-refractivity contribution in [3.05, 3.63) is 35.9 Å². The predicted molar refractivity (Wildman–Crippen MR) is 77.1 cm³/mol. The van der Waals surface area contributed by atoms with E-state index in [9.17, 15) is 5.11 Å². The van der Waals surface area contributed by atoms with Gasteiger partial charge in [-0.3, -0.25) is 0 Å². The third-order valence-corrected chi connectivity index (χ3v) is 4.30. The van der Waals surface area contributed by atoms with E-state index in [0.29, 0.717) is 5.92 Å². The molecule has 19 heavy (non-hydrogen) atoms. The minimum Gasteiger partial charge on any atom is -0.396 e. The van der Waals surface area contributed by atoms with E-state index in [0.717, 1.165) is 32.5 Å². The molecular formula is C16H25NO2. The van der Waals surface area contributed by atoms with Crippen LogP contribution < -0.4 is 0 Å². The van der Waals surface area contributed by atoms with Crippen LogP contribution in [-0.2, 0) is 5.41 Å². The molecule has 0 aliphatic carbocycles. The first-order valence-corrected chi connectivity index (χ1v) is 7.17. The summed E-state index contributed by atoms with van der Waals surface area (Å²) in [5, 5.41) is 18.8. The van der Waals surface area contributed by atoms with Gasteiger partial charge in [-0.25, -0.2) is 0 Å². The van der Waals surface area contributed by atoms with Gasteiger partial charge in [0, 0.05) is 25.1 Å². The Hall–Kier alpha value is -0.900. The van der Waals surface area contributed by atoms with Crippen LogP contribution in [0.1, 0.15) is 25.3 Å². The Kier molecular flexibility index (Phi) is 4.97. The SMILES string of the molecule is CC(CO)(CN1CCC(CCO)C1)c1ccccc1. The third kappa shape index (κ3) is 3.56. The minimum atomic E-state index is -0.199. The van der Waals surface area contributed by atoms with Crippen LogP contribution >= 0.6 is 0 Å². The van der Waals surface area contributed by atoms with Gasteiger partial charge >= 0.3 is 0 Å². The standard InChI is InChI=1S/C16H25NO2/c1-16(13-19,15-5-3-2-4-6-15)12-17-9-7-14(11-17)8-10-18/h2-6,14,18-19H,7-13H2,1H3. The molecule has 106 valence electrons. The lowest BCUT2D eigenvalue weighted by Gasteiger charge is -2.32. The van der Waals surface area contributed by atoms with Gasteiger partial charge in [-0.1, -0.05) is 37.3 Å². The van der Waals surface area contributed by atoms with E-state index in [1.165, 1.54) is 5.56 Å². The number of rotatable bonds is 6. The largest absolute Gasteiger partial charge is 0.396 e. The van der Waals surface area contributed by atoms with Crippen LogP contribution in [0, 0.1) is 5.92 Å². The first-order valence-electron chi connectivity index (χ1n) is 7.17. The summed E-state index contributed by atoms with van der Waals surface area (Å²) in [5.74, 6) is 0.615. The fourth-order valence-corrected chi connectivity index (χ4v) is 3.04. The van der Waals surface area contributed by atoms with Gasteiger partial charge < -0.3 is 15.1 Å². The zero-order valence-corrected chi connectivity index (χ0v) is 11.8. The Morgan fingerprint density at radius 3 is 2.63 bits per heavy atom. The van der Waals surface area contributed by atoms with Gasteiger partial charge in [0.05, 0.1) is 6.61 Å². The molecule has 2 rings (SSSR count). The summed E-state index contributed by atoms with van der Waals surface area (Å²) < 4.78 is 0. The number of nitrogens with zero attached hydrogens (tertiary/aromatic N) is 1. The van der Waals surface area contributed by atoms with Crippen molar-refractivity contribution in [1.82, 2.24) is 4.90 Å². The Labute approximate surface area is 115 Å². The second-order valence-corrected chi connectivity index (χ2v) is 5.99. The summed E-state index contributed by atoms with van der Waals surface area (Å²) in [4.78, 5) is 2.42. The maximum absolute atomic E-state index is 9.80. The lowest BCUT2D eigenvalue weighted by atomic mass is 9.83. The molecule has 3 nitrogen and oxygen atoms in total. The first-order chi connectivity index (χ1) is 9.18. The highest BCUT2D eigenvalue weighted by molar-refractivity contribution is 5.25. The van der Waals surface area contributed by atoms with Gasteiger partial charge in [0.2, 0.25) is 0 Å². The zero-order valence-electron chi connectivity index (χ0n) is 11.8. The van der Waals surface area contributed by atoms with E-state index in [-0.39, 0.29) is 18.6 Å². The minimum absolute atomic E-state index is 0.165. The highest BCUT2D eigenvalue weighted by atomic mass is 16.3. The van der Waals surface area contributed by atoms with Crippen LogP contribution in [0.5, 0.6) is 0 Å². The molecule has 0 spiro atoms. The molecule has 1 aromatic carbocycles. The normalized spacial score (nSPS) is 23.4. The molecule has 0 saturated carbocycles. The van der Waals surface area contributed by atoms with Crippen LogP contribution in [0.3, 0.4) is 0 Å². The highest BCUT2D eigenvalue weighted by Gasteiger charge is 2.31. The van der Waals surface area contributed by atoms with E-state index in [1.54, 1.807) is 0 Å². The second kappa shape index (κ2) is 6.51. The van der Waals surface area contributed by atoms with Crippen molar-refractivity contribution in [1.29, 1.82) is 0 Å². The molecule has 1 aromatic rings. The third-order valence-electron chi connectivity index (χ3n) is 4.30. The smallest absolute Gasteiger partial charge is 0.0537 e. The van der Waals surface area contributed by atoms with Crippen molar-refractivity contribution in [3.8, 4) is 0 Å². The number of benzene rings is 1. The summed E-state index contributed by atoms with van der Waals surface area (Å²) in [6.45, 7) is 5.58. The van der Waals surface area contributed by atoms with Gasteiger partial charge in [0.25, 0.3) is 0 Å². The van der Waals surface area contributed by atoms with Crippen LogP contribution in [0.25, 0.3) is 0 Å². The van der Waals surface area contributed by atoms with Crippen LogP contribution in [-0.4, -0.2) is 48.0 Å². The lowest BCUT2D eigenvalue weighted by Crippen LogP contribution is -2.40. The molecule has 0 radical (unpaired) electrons. The van der Waals surface area contributed by atoms with Crippen LogP contribution in [0.4, 0.5) is 0 Å². The van der Waals surface area contributed by atoms with Crippen molar-refractivity contribution < 1.29 is 10.2 Å². The topological polar surface area (TPSA) is 43.7 Å². The van der Waals surface area contributed by atoms with E-state index >= 15 is 0 Å². The molecule has 2 atom stereocenters. The van der Waals surface area contributed by atoms with Gasteiger partial charge in [0.15, 0.2) is 0 Å². The summed E-state index contributed by atoms with van der Waals surface area (Å²) in [6.07, 6.45) is 2.06. The van der Waals surface area contributed by atoms with Crippen molar-refractivity contribution in [2.45, 2.75) is 25.2 Å². The second-order valence-electron chi connectivity index (χ2n) is 5.99. The average Bonchev–Trinajstić information content (AvgIpc) is 2.87. The summed E-state index contributed by atoms with van der Waals surface area (Å²) in [7, 11) is 0. The Balaban J connectivity index is 2.00. The fraction of sp³-hybridized carbons (Fsp3) is 0.625. The molecule has 1 heterocycles. The Morgan fingerprint density at radius 1 is 1.26 bits per heavy atom. The molecular weight excluding hydrogens is 238 g/mol. The summed E-state index contributed by atoms with van der Waals surface area (Å²) >= 11 is 0. The van der Waals surface area contributed by atoms with E-state index in [1.807, 2.05) is 18.2 Å². The van der Waals surface area contributed by atoms with Gasteiger partial charge in [0.1, 0.15) is 0 Å². The van der Waals surface area contributed by atoms with Gasteiger partial charge in [-0.05, 0) is 30.9 Å². The molecule has 2 N–H and O–H groups in total. The van der Waals surface area contributed by atoms with Crippen molar-refractivity contribution in [2.75, 3.05) is 32.8 Å². The van der Waals surface area contributed by atoms with Gasteiger partial charge in [-0.15, -0.1) is 0 Å². The van der Waals surface area contributed by atoms with Crippen LogP contribution in [0.15, 0.2) is 30.3 Å². The molecule has 3 heteroatoms. The molecule has 2 unspecified atom stereocenters. The number of hydrogen-bond acceptors (Lipinski definition) is 3. The summed E-state index contributed by atoms with van der Waals surface area (Å²) in [5.41, 5.74) is 0.998. The maximum Gasteiger partial charge on any atom is 0.0537 e. The van der Waals surface area contributed by atoms with Crippen molar-refractivity contribution in [2.24, 2.45) is 5.92 Å². The molecule has 0 aromatic heterocycles. The first kappa shape index (κ1) is 14.5. The molecule has 1 saturated heterocycles. The Bertz CT molecular complexity index is 382. The predicted octanol–water partition coefficient (Wildman–Crippen LogP) is 1.64. The highest BCUT2D eigenvalue weighted by Crippen LogP contribution is 2.28. The van der Waals surface area contributed by atoms with Crippen LogP contribution in [0.2, 0.25) is 0 Å². The van der Waals surface area contributed by atoms with E-state index in [2.05, 4.69) is 24.0 Å². The molecule has 0 bridgehead atoms. The van der Waals surface area contributed by atoms with E-state index < -0.39 is 0 Å². The fourth-order valence-electron chi connectivity index (χ4n) is 3.04. The Morgan fingerprint density at radius 2 is 2.00 bits per heavy atom. The van der Waals surface area contributed by atoms with Crippen molar-refractivity contribution in [3.63, 3.8) is 0 Å².